The smallest absolute Gasteiger partial charge is 0.407 e. The number of halogens is 3. The molecule has 0 aromatic carbocycles. The van der Waals surface area contributed by atoms with Crippen molar-refractivity contribution >= 4 is 17.9 Å². The molecule has 0 spiro atoms. The molecule has 3 amide bonds. The molecule has 11 heteroatoms. The summed E-state index contributed by atoms with van der Waals surface area (Å²) < 4.78 is 43.6. The molecule has 0 unspecified atom stereocenters. The summed E-state index contributed by atoms with van der Waals surface area (Å²) in [5.74, 6) is -0.994. The molecule has 0 radical (unpaired) electrons. The van der Waals surface area contributed by atoms with Crippen molar-refractivity contribution in [2.45, 2.75) is 58.9 Å². The SMILES string of the molecule is CCN1C(=O)[C@@H](NC(=O)[C@H](C)OC(=O)NCC2(C(F)(F)F)CC2)CN(C)C(C)=C1C. The number of amides is 3. The van der Waals surface area contributed by atoms with Crippen LogP contribution in [0.2, 0.25) is 0 Å². The van der Waals surface area contributed by atoms with Gasteiger partial charge in [0.2, 0.25) is 0 Å². The van der Waals surface area contributed by atoms with E-state index in [1.165, 1.54) is 6.92 Å². The van der Waals surface area contributed by atoms with Crippen LogP contribution in [-0.4, -0.2) is 72.7 Å². The average Bonchev–Trinajstić information content (AvgIpc) is 3.46. The number of carbonyl (C=O) groups is 3. The largest absolute Gasteiger partial charge is 0.436 e. The monoisotopic (exact) mass is 434 g/mol. The molecule has 2 aliphatic rings. The van der Waals surface area contributed by atoms with Gasteiger partial charge in [0.15, 0.2) is 6.10 Å². The zero-order valence-corrected chi connectivity index (χ0v) is 17.9. The maximum Gasteiger partial charge on any atom is 0.407 e. The molecule has 1 aliphatic heterocycles. The topological polar surface area (TPSA) is 91.0 Å². The minimum atomic E-state index is -4.40. The van der Waals surface area contributed by atoms with Gasteiger partial charge >= 0.3 is 12.3 Å². The molecule has 0 bridgehead atoms. The molecule has 1 heterocycles. The van der Waals surface area contributed by atoms with Gasteiger partial charge in [-0.15, -0.1) is 0 Å². The van der Waals surface area contributed by atoms with E-state index in [0.29, 0.717) is 6.54 Å². The Bertz CT molecular complexity index is 734. The van der Waals surface area contributed by atoms with Crippen LogP contribution in [0.25, 0.3) is 0 Å². The van der Waals surface area contributed by atoms with Gasteiger partial charge in [-0.3, -0.25) is 9.59 Å². The maximum atomic E-state index is 12.9. The standard InChI is InChI=1S/C19H29F3N4O4/c1-6-26-12(3)11(2)25(5)9-14(16(26)28)24-15(27)13(4)30-17(29)23-10-18(7-8-18)19(20,21)22/h13-14H,6-10H2,1-5H3,(H,23,29)(H,24,27)/t13-,14-/m0/s1. The molecule has 0 saturated heterocycles. The number of rotatable bonds is 6. The minimum absolute atomic E-state index is 0.0507. The maximum absolute atomic E-state index is 12.9. The second kappa shape index (κ2) is 8.73. The highest BCUT2D eigenvalue weighted by molar-refractivity contribution is 5.91. The fourth-order valence-electron chi connectivity index (χ4n) is 3.31. The van der Waals surface area contributed by atoms with E-state index in [0.717, 1.165) is 11.4 Å². The highest BCUT2D eigenvalue weighted by Crippen LogP contribution is 2.57. The summed E-state index contributed by atoms with van der Waals surface area (Å²) >= 11 is 0. The Labute approximate surface area is 173 Å². The highest BCUT2D eigenvalue weighted by atomic mass is 19.4. The van der Waals surface area contributed by atoms with Crippen LogP contribution >= 0.6 is 0 Å². The van der Waals surface area contributed by atoms with Crippen LogP contribution in [0.1, 0.15) is 40.5 Å². The van der Waals surface area contributed by atoms with Gasteiger partial charge in [-0.05, 0) is 40.5 Å². The Hall–Kier alpha value is -2.46. The van der Waals surface area contributed by atoms with Crippen LogP contribution in [0.15, 0.2) is 11.4 Å². The number of likely N-dealkylation sites (N-methyl/N-ethyl adjacent to an activating group) is 2. The predicted octanol–water partition coefficient (Wildman–Crippen LogP) is 1.97. The fraction of sp³-hybridized carbons (Fsp3) is 0.737. The van der Waals surface area contributed by atoms with Crippen molar-refractivity contribution in [3.05, 3.63) is 11.4 Å². The number of alkyl carbamates (subject to hydrolysis) is 1. The van der Waals surface area contributed by atoms with Crippen LogP contribution in [0, 0.1) is 5.41 Å². The quantitative estimate of drug-likeness (QED) is 0.667. The van der Waals surface area contributed by atoms with Crippen molar-refractivity contribution in [1.82, 2.24) is 20.4 Å². The summed E-state index contributed by atoms with van der Waals surface area (Å²) in [5, 5.41) is 4.66. The van der Waals surface area contributed by atoms with E-state index in [1.54, 1.807) is 11.9 Å². The third-order valence-electron chi connectivity index (χ3n) is 5.83. The van der Waals surface area contributed by atoms with Gasteiger partial charge in [0.25, 0.3) is 11.8 Å². The number of allylic oxidation sites excluding steroid dienone is 2. The molecule has 30 heavy (non-hydrogen) atoms. The van der Waals surface area contributed by atoms with E-state index in [9.17, 15) is 27.6 Å². The Balaban J connectivity index is 1.92. The zero-order valence-electron chi connectivity index (χ0n) is 17.9. The van der Waals surface area contributed by atoms with Gasteiger partial charge in [-0.1, -0.05) is 0 Å². The van der Waals surface area contributed by atoms with Crippen molar-refractivity contribution in [2.75, 3.05) is 26.7 Å². The molecule has 2 N–H and O–H groups in total. The summed E-state index contributed by atoms with van der Waals surface area (Å²) in [6.45, 7) is 6.88. The third kappa shape index (κ3) is 4.99. The summed E-state index contributed by atoms with van der Waals surface area (Å²) in [5.41, 5.74) is -0.227. The minimum Gasteiger partial charge on any atom is -0.436 e. The van der Waals surface area contributed by atoms with Crippen LogP contribution in [-0.2, 0) is 14.3 Å². The summed E-state index contributed by atoms with van der Waals surface area (Å²) in [6.07, 6.45) is -6.89. The van der Waals surface area contributed by atoms with Crippen LogP contribution < -0.4 is 10.6 Å². The third-order valence-corrected chi connectivity index (χ3v) is 5.83. The first kappa shape index (κ1) is 23.8. The van der Waals surface area contributed by atoms with Gasteiger partial charge in [-0.25, -0.2) is 4.79 Å². The fourth-order valence-corrected chi connectivity index (χ4v) is 3.31. The van der Waals surface area contributed by atoms with E-state index in [2.05, 4.69) is 10.6 Å². The number of nitrogens with zero attached hydrogens (tertiary/aromatic N) is 2. The van der Waals surface area contributed by atoms with Crippen molar-refractivity contribution in [3.63, 3.8) is 0 Å². The molecular formula is C19H29F3N4O4. The van der Waals surface area contributed by atoms with Gasteiger partial charge in [0.05, 0.1) is 5.41 Å². The van der Waals surface area contributed by atoms with Gasteiger partial charge in [0.1, 0.15) is 6.04 Å². The van der Waals surface area contributed by atoms with Crippen molar-refractivity contribution in [2.24, 2.45) is 5.41 Å². The van der Waals surface area contributed by atoms with Gasteiger partial charge < -0.3 is 25.2 Å². The van der Waals surface area contributed by atoms with E-state index < -0.39 is 42.3 Å². The van der Waals surface area contributed by atoms with E-state index in [4.69, 9.17) is 4.74 Å². The molecule has 2 atom stereocenters. The van der Waals surface area contributed by atoms with Crippen molar-refractivity contribution < 1.29 is 32.3 Å². The number of carbonyl (C=O) groups excluding carboxylic acids is 3. The molecule has 170 valence electrons. The zero-order chi connectivity index (χ0) is 22.9. The molecule has 1 saturated carbocycles. The Morgan fingerprint density at radius 1 is 1.27 bits per heavy atom. The van der Waals surface area contributed by atoms with Crippen LogP contribution in [0.5, 0.6) is 0 Å². The lowest BCUT2D eigenvalue weighted by Crippen LogP contribution is -2.53. The lowest BCUT2D eigenvalue weighted by molar-refractivity contribution is -0.185. The normalized spacial score (nSPS) is 22.4. The first-order chi connectivity index (χ1) is 13.8. The summed E-state index contributed by atoms with van der Waals surface area (Å²) in [4.78, 5) is 40.5. The number of ether oxygens (including phenoxy) is 1. The van der Waals surface area contributed by atoms with Crippen LogP contribution in [0.4, 0.5) is 18.0 Å². The van der Waals surface area contributed by atoms with E-state index in [1.807, 2.05) is 25.7 Å². The van der Waals surface area contributed by atoms with Crippen LogP contribution in [0.3, 0.4) is 0 Å². The number of nitrogens with one attached hydrogen (secondary N) is 2. The molecule has 0 aromatic rings. The van der Waals surface area contributed by atoms with Crippen molar-refractivity contribution in [3.8, 4) is 0 Å². The molecule has 0 aromatic heterocycles. The Morgan fingerprint density at radius 2 is 1.87 bits per heavy atom. The average molecular weight is 434 g/mol. The molecular weight excluding hydrogens is 405 g/mol. The summed E-state index contributed by atoms with van der Waals surface area (Å²) in [7, 11) is 1.80. The van der Waals surface area contributed by atoms with E-state index in [-0.39, 0.29) is 25.3 Å². The first-order valence-corrected chi connectivity index (χ1v) is 9.84. The molecule has 2 rings (SSSR count). The highest BCUT2D eigenvalue weighted by Gasteiger charge is 2.63. The molecule has 1 aliphatic carbocycles. The predicted molar refractivity (Wildman–Crippen MR) is 102 cm³/mol. The number of hydrogen-bond acceptors (Lipinski definition) is 5. The second-order valence-corrected chi connectivity index (χ2v) is 7.87. The number of hydrogen-bond donors (Lipinski definition) is 2. The lowest BCUT2D eigenvalue weighted by Gasteiger charge is -2.26. The Kier molecular flexibility index (Phi) is 6.93. The second-order valence-electron chi connectivity index (χ2n) is 7.87. The first-order valence-electron chi connectivity index (χ1n) is 9.84. The molecule has 1 fully saturated rings. The summed E-state index contributed by atoms with van der Waals surface area (Å²) in [6, 6.07) is -0.857. The van der Waals surface area contributed by atoms with Gasteiger partial charge in [0, 0.05) is 38.1 Å². The van der Waals surface area contributed by atoms with Gasteiger partial charge in [-0.2, -0.15) is 13.2 Å². The lowest BCUT2D eigenvalue weighted by atomic mass is 10.1. The van der Waals surface area contributed by atoms with Crippen molar-refractivity contribution in [1.29, 1.82) is 0 Å². The number of alkyl halides is 3. The Morgan fingerprint density at radius 3 is 2.37 bits per heavy atom. The van der Waals surface area contributed by atoms with E-state index >= 15 is 0 Å². The molecule has 8 nitrogen and oxygen atoms in total.